The highest BCUT2D eigenvalue weighted by atomic mass is 16.4. The molecule has 0 spiro atoms. The van der Waals surface area contributed by atoms with Crippen molar-refractivity contribution in [3.8, 4) is 0 Å². The fourth-order valence-electron chi connectivity index (χ4n) is 2.51. The second-order valence-electron chi connectivity index (χ2n) is 6.49. The van der Waals surface area contributed by atoms with Gasteiger partial charge in [0.05, 0.1) is 0 Å². The zero-order valence-corrected chi connectivity index (χ0v) is 16.6. The standard InChI is InChI=1S/C24H38O2/c1-2-3-4-5-6-7-8-9-10-11-12-13-14-15-16-17-18-19-20-21-22-23-24(25)26/h3-4,14-21H,2,5-13,22-23H2,1H3,(H,25,26)/b4-3+,15-14+,17-16+,19-18+,21-20+. The van der Waals surface area contributed by atoms with Crippen LogP contribution in [0.25, 0.3) is 0 Å². The molecule has 0 atom stereocenters. The van der Waals surface area contributed by atoms with Crippen LogP contribution in [-0.2, 0) is 4.79 Å². The minimum atomic E-state index is -0.751. The molecule has 0 aromatic rings. The highest BCUT2D eigenvalue weighted by molar-refractivity contribution is 5.66. The van der Waals surface area contributed by atoms with Crippen LogP contribution in [0.3, 0.4) is 0 Å². The third-order valence-electron chi connectivity index (χ3n) is 4.00. The Morgan fingerprint density at radius 1 is 0.615 bits per heavy atom. The molecular weight excluding hydrogens is 320 g/mol. The number of carboxylic acids is 1. The van der Waals surface area contributed by atoms with Gasteiger partial charge in [-0.2, -0.15) is 0 Å². The minimum absolute atomic E-state index is 0.194. The summed E-state index contributed by atoms with van der Waals surface area (Å²) in [5.41, 5.74) is 0. The Morgan fingerprint density at radius 3 is 1.62 bits per heavy atom. The van der Waals surface area contributed by atoms with Crippen LogP contribution in [0.15, 0.2) is 60.8 Å². The van der Waals surface area contributed by atoms with Crippen LogP contribution in [0.5, 0.6) is 0 Å². The Kier molecular flexibility index (Phi) is 19.7. The Balaban J connectivity index is 3.37. The molecule has 26 heavy (non-hydrogen) atoms. The molecule has 0 aliphatic heterocycles. The number of carbonyl (C=O) groups is 1. The molecule has 0 fully saturated rings. The van der Waals surface area contributed by atoms with Crippen molar-refractivity contribution < 1.29 is 9.90 Å². The lowest BCUT2D eigenvalue weighted by molar-refractivity contribution is -0.136. The SMILES string of the molecule is CC/C=C/CCCCCCCCC/C=C/C=C/C=C/C=C/CCC(=O)O. The smallest absolute Gasteiger partial charge is 0.303 e. The van der Waals surface area contributed by atoms with Gasteiger partial charge in [-0.25, -0.2) is 0 Å². The van der Waals surface area contributed by atoms with E-state index in [1.54, 1.807) is 0 Å². The van der Waals surface area contributed by atoms with E-state index in [0.29, 0.717) is 6.42 Å². The summed E-state index contributed by atoms with van der Waals surface area (Å²) in [5.74, 6) is -0.751. The third kappa shape index (κ3) is 22.2. The van der Waals surface area contributed by atoms with Gasteiger partial charge in [-0.1, -0.05) is 99.8 Å². The monoisotopic (exact) mass is 358 g/mol. The molecule has 0 aromatic carbocycles. The normalized spacial score (nSPS) is 12.7. The molecule has 2 nitrogen and oxygen atoms in total. The van der Waals surface area contributed by atoms with Crippen molar-refractivity contribution in [1.29, 1.82) is 0 Å². The van der Waals surface area contributed by atoms with E-state index in [1.165, 1.54) is 51.4 Å². The number of unbranched alkanes of at least 4 members (excludes halogenated alkanes) is 8. The Bertz CT molecular complexity index is 453. The molecule has 146 valence electrons. The van der Waals surface area contributed by atoms with Gasteiger partial charge in [-0.3, -0.25) is 4.79 Å². The predicted octanol–water partition coefficient (Wildman–Crippen LogP) is 7.55. The number of rotatable bonds is 17. The van der Waals surface area contributed by atoms with E-state index in [2.05, 4.69) is 31.2 Å². The summed E-state index contributed by atoms with van der Waals surface area (Å²) in [6.07, 6.45) is 34.4. The van der Waals surface area contributed by atoms with E-state index in [0.717, 1.165) is 12.8 Å². The lowest BCUT2D eigenvalue weighted by atomic mass is 10.1. The van der Waals surface area contributed by atoms with Crippen LogP contribution in [0.1, 0.15) is 84.0 Å². The topological polar surface area (TPSA) is 37.3 Å². The van der Waals surface area contributed by atoms with Crippen LogP contribution in [0, 0.1) is 0 Å². The Labute approximate surface area is 161 Å². The van der Waals surface area contributed by atoms with E-state index in [1.807, 2.05) is 36.5 Å². The molecular formula is C24H38O2. The summed E-state index contributed by atoms with van der Waals surface area (Å²) in [4.78, 5) is 10.3. The van der Waals surface area contributed by atoms with Crippen molar-refractivity contribution in [3.05, 3.63) is 60.8 Å². The van der Waals surface area contributed by atoms with Crippen molar-refractivity contribution in [3.63, 3.8) is 0 Å². The largest absolute Gasteiger partial charge is 0.481 e. The van der Waals surface area contributed by atoms with Gasteiger partial charge in [0.1, 0.15) is 0 Å². The number of hydrogen-bond acceptors (Lipinski definition) is 1. The molecule has 0 heterocycles. The van der Waals surface area contributed by atoms with Gasteiger partial charge >= 0.3 is 5.97 Å². The van der Waals surface area contributed by atoms with Gasteiger partial charge in [0, 0.05) is 6.42 Å². The van der Waals surface area contributed by atoms with Gasteiger partial charge in [0.25, 0.3) is 0 Å². The third-order valence-corrected chi connectivity index (χ3v) is 4.00. The van der Waals surface area contributed by atoms with Crippen molar-refractivity contribution in [1.82, 2.24) is 0 Å². The van der Waals surface area contributed by atoms with Gasteiger partial charge in [0.2, 0.25) is 0 Å². The van der Waals surface area contributed by atoms with Crippen LogP contribution < -0.4 is 0 Å². The maximum atomic E-state index is 10.3. The van der Waals surface area contributed by atoms with Gasteiger partial charge in [-0.05, 0) is 38.5 Å². The summed E-state index contributed by atoms with van der Waals surface area (Å²) >= 11 is 0. The van der Waals surface area contributed by atoms with Gasteiger partial charge < -0.3 is 5.11 Å². The van der Waals surface area contributed by atoms with Gasteiger partial charge in [-0.15, -0.1) is 0 Å². The van der Waals surface area contributed by atoms with Crippen LogP contribution in [0.4, 0.5) is 0 Å². The number of allylic oxidation sites excluding steroid dienone is 10. The maximum Gasteiger partial charge on any atom is 0.303 e. The van der Waals surface area contributed by atoms with Gasteiger partial charge in [0.15, 0.2) is 0 Å². The quantitative estimate of drug-likeness (QED) is 0.165. The number of carboxylic acid groups (broad SMARTS) is 1. The molecule has 0 bridgehead atoms. The van der Waals surface area contributed by atoms with Crippen molar-refractivity contribution in [2.75, 3.05) is 0 Å². The first-order valence-corrected chi connectivity index (χ1v) is 10.3. The fourth-order valence-corrected chi connectivity index (χ4v) is 2.51. The zero-order chi connectivity index (χ0) is 19.1. The Morgan fingerprint density at radius 2 is 1.08 bits per heavy atom. The molecule has 0 aliphatic carbocycles. The highest BCUT2D eigenvalue weighted by Gasteiger charge is 1.91. The van der Waals surface area contributed by atoms with E-state index < -0.39 is 5.97 Å². The summed E-state index contributed by atoms with van der Waals surface area (Å²) in [6, 6.07) is 0. The summed E-state index contributed by atoms with van der Waals surface area (Å²) in [6.45, 7) is 2.19. The lowest BCUT2D eigenvalue weighted by Crippen LogP contribution is -1.91. The van der Waals surface area contributed by atoms with E-state index in [4.69, 9.17) is 5.11 Å². The average Bonchev–Trinajstić information content (AvgIpc) is 2.62. The van der Waals surface area contributed by atoms with E-state index in [9.17, 15) is 4.79 Å². The first kappa shape index (κ1) is 24.2. The molecule has 0 radical (unpaired) electrons. The summed E-state index contributed by atoms with van der Waals surface area (Å²) in [7, 11) is 0. The average molecular weight is 359 g/mol. The van der Waals surface area contributed by atoms with Crippen LogP contribution in [-0.4, -0.2) is 11.1 Å². The molecule has 0 rings (SSSR count). The first-order chi connectivity index (χ1) is 12.8. The molecule has 0 saturated carbocycles. The van der Waals surface area contributed by atoms with Crippen molar-refractivity contribution in [2.24, 2.45) is 0 Å². The Hall–Kier alpha value is -1.83. The molecule has 0 aliphatic rings. The molecule has 0 amide bonds. The van der Waals surface area contributed by atoms with E-state index >= 15 is 0 Å². The minimum Gasteiger partial charge on any atom is -0.481 e. The van der Waals surface area contributed by atoms with Crippen molar-refractivity contribution >= 4 is 5.97 Å². The van der Waals surface area contributed by atoms with E-state index in [-0.39, 0.29) is 6.42 Å². The molecule has 1 N–H and O–H groups in total. The molecule has 0 saturated heterocycles. The molecule has 2 heteroatoms. The lowest BCUT2D eigenvalue weighted by Gasteiger charge is -2.00. The highest BCUT2D eigenvalue weighted by Crippen LogP contribution is 2.10. The number of hydrogen-bond donors (Lipinski definition) is 1. The summed E-state index contributed by atoms with van der Waals surface area (Å²) in [5, 5.41) is 8.50. The fraction of sp³-hybridized carbons (Fsp3) is 0.542. The molecule has 0 aromatic heterocycles. The number of aliphatic carboxylic acids is 1. The molecule has 0 unspecified atom stereocenters. The van der Waals surface area contributed by atoms with Crippen molar-refractivity contribution in [2.45, 2.75) is 84.0 Å². The van der Waals surface area contributed by atoms with Crippen LogP contribution >= 0.6 is 0 Å². The summed E-state index contributed by atoms with van der Waals surface area (Å²) < 4.78 is 0. The predicted molar refractivity (Wildman–Crippen MR) is 114 cm³/mol. The first-order valence-electron chi connectivity index (χ1n) is 10.3. The van der Waals surface area contributed by atoms with Crippen LogP contribution in [0.2, 0.25) is 0 Å². The zero-order valence-electron chi connectivity index (χ0n) is 16.6. The second kappa shape index (κ2) is 21.2. The second-order valence-corrected chi connectivity index (χ2v) is 6.49. The maximum absolute atomic E-state index is 10.3.